The Kier molecular flexibility index (Phi) is 5.59. The largest absolute Gasteiger partial charge is 0.463 e. The molecule has 0 spiro atoms. The highest BCUT2D eigenvalue weighted by Crippen LogP contribution is 2.30. The van der Waals surface area contributed by atoms with Gasteiger partial charge in [-0.05, 0) is 26.0 Å². The van der Waals surface area contributed by atoms with Crippen LogP contribution >= 0.6 is 0 Å². The van der Waals surface area contributed by atoms with Crippen LogP contribution in [0.5, 0.6) is 0 Å². The minimum atomic E-state index is -5.16. The quantitative estimate of drug-likeness (QED) is 0.357. The smallest absolute Gasteiger partial charge is 0.450 e. The average molecular weight is 338 g/mol. The van der Waals surface area contributed by atoms with E-state index in [-0.39, 0.29) is 12.7 Å². The number of hydrogen-bond acceptors (Lipinski definition) is 5. The van der Waals surface area contributed by atoms with E-state index in [0.29, 0.717) is 0 Å². The number of alkyl halides is 3. The average Bonchev–Trinajstić information content (AvgIpc) is 2.37. The van der Waals surface area contributed by atoms with E-state index in [1.807, 2.05) is 0 Å². The lowest BCUT2D eigenvalue weighted by Gasteiger charge is -2.13. The van der Waals surface area contributed by atoms with Crippen LogP contribution in [-0.4, -0.2) is 27.2 Å². The van der Waals surface area contributed by atoms with Crippen LogP contribution in [0.15, 0.2) is 41.0 Å². The van der Waals surface area contributed by atoms with Gasteiger partial charge in [0.05, 0.1) is 12.7 Å². The molecule has 0 atom stereocenters. The van der Waals surface area contributed by atoms with Crippen molar-refractivity contribution in [3.63, 3.8) is 0 Å². The molecule has 0 unspecified atom stereocenters. The summed E-state index contributed by atoms with van der Waals surface area (Å²) in [5.41, 5.74) is 0.720. The highest BCUT2D eigenvalue weighted by atomic mass is 32.2. The number of benzene rings is 1. The molecule has 0 amide bonds. The van der Waals surface area contributed by atoms with Crippen LogP contribution in [0.4, 0.5) is 13.2 Å². The van der Waals surface area contributed by atoms with Crippen LogP contribution in [0.25, 0.3) is 0 Å². The van der Waals surface area contributed by atoms with Gasteiger partial charge in [0.1, 0.15) is 4.90 Å². The van der Waals surface area contributed by atoms with Gasteiger partial charge in [-0.25, -0.2) is 4.79 Å². The van der Waals surface area contributed by atoms with Crippen molar-refractivity contribution in [3.8, 4) is 0 Å². The monoisotopic (exact) mass is 338 g/mol. The van der Waals surface area contributed by atoms with Gasteiger partial charge >= 0.3 is 22.3 Å². The Hall–Kier alpha value is -2.03. The second-order valence-corrected chi connectivity index (χ2v) is 5.66. The first-order valence-electron chi connectivity index (χ1n) is 6.03. The van der Waals surface area contributed by atoms with Gasteiger partial charge in [-0.3, -0.25) is 0 Å². The van der Waals surface area contributed by atoms with Crippen molar-refractivity contribution in [1.82, 2.24) is 0 Å². The van der Waals surface area contributed by atoms with Crippen molar-refractivity contribution in [2.75, 3.05) is 6.61 Å². The fraction of sp³-hybridized carbons (Fsp3) is 0.308. The van der Waals surface area contributed by atoms with Gasteiger partial charge in [-0.2, -0.15) is 21.6 Å². The zero-order valence-corrected chi connectivity index (χ0v) is 12.5. The molecule has 9 heteroatoms. The molecule has 1 aromatic carbocycles. The number of ether oxygens (including phenoxy) is 1. The van der Waals surface area contributed by atoms with Crippen LogP contribution in [-0.2, 0) is 23.8 Å². The summed E-state index contributed by atoms with van der Waals surface area (Å²) in [5.74, 6) is -3.32. The molecule has 0 N–H and O–H groups in total. The van der Waals surface area contributed by atoms with E-state index in [0.717, 1.165) is 17.7 Å². The second kappa shape index (κ2) is 6.82. The molecule has 0 fully saturated rings. The van der Waals surface area contributed by atoms with Crippen LogP contribution in [0, 0.1) is 6.92 Å². The number of allylic oxidation sites excluding steroid dienone is 1. The summed E-state index contributed by atoms with van der Waals surface area (Å²) >= 11 is 0. The molecule has 1 aromatic rings. The first-order valence-corrected chi connectivity index (χ1v) is 7.44. The normalized spacial score (nSPS) is 12.9. The lowest BCUT2D eigenvalue weighted by atomic mass is 10.2. The molecule has 0 heterocycles. The first kappa shape index (κ1) is 18.0. The standard InChI is InChI=1S/C13H13F3O5S/c1-3-20-12(17)8-11(13(14,15)16)21-22(18,19)10-6-4-9(2)5-7-10/h4-8H,3H2,1-2H3/b11-8-. The van der Waals surface area contributed by atoms with Crippen molar-refractivity contribution in [2.24, 2.45) is 0 Å². The molecule has 0 aromatic heterocycles. The van der Waals surface area contributed by atoms with E-state index in [9.17, 15) is 26.4 Å². The van der Waals surface area contributed by atoms with Crippen LogP contribution in [0.1, 0.15) is 12.5 Å². The number of esters is 1. The molecule has 1 rings (SSSR count). The molecule has 0 aliphatic rings. The summed E-state index contributed by atoms with van der Waals surface area (Å²) in [7, 11) is -4.72. The molecule has 0 saturated heterocycles. The summed E-state index contributed by atoms with van der Waals surface area (Å²) in [4.78, 5) is 10.6. The van der Waals surface area contributed by atoms with Gasteiger partial charge in [0.15, 0.2) is 0 Å². The second-order valence-electron chi connectivity index (χ2n) is 4.11. The SMILES string of the molecule is CCOC(=O)/C=C(\OS(=O)(=O)c1ccc(C)cc1)C(F)(F)F. The molecule has 22 heavy (non-hydrogen) atoms. The van der Waals surface area contributed by atoms with Crippen LogP contribution in [0.3, 0.4) is 0 Å². The van der Waals surface area contributed by atoms with Gasteiger partial charge in [-0.1, -0.05) is 17.7 Å². The van der Waals surface area contributed by atoms with Gasteiger partial charge < -0.3 is 8.92 Å². The topological polar surface area (TPSA) is 69.7 Å². The Balaban J connectivity index is 3.13. The Morgan fingerprint density at radius 3 is 2.23 bits per heavy atom. The Morgan fingerprint density at radius 1 is 1.23 bits per heavy atom. The van der Waals surface area contributed by atoms with Gasteiger partial charge in [0.2, 0.25) is 5.76 Å². The maximum atomic E-state index is 12.8. The maximum Gasteiger partial charge on any atom is 0.450 e. The fourth-order valence-corrected chi connectivity index (χ4v) is 2.26. The Labute approximate surface area is 125 Å². The van der Waals surface area contributed by atoms with Crippen molar-refractivity contribution >= 4 is 16.1 Å². The lowest BCUT2D eigenvalue weighted by molar-refractivity contribution is -0.140. The van der Waals surface area contributed by atoms with E-state index in [1.165, 1.54) is 19.1 Å². The highest BCUT2D eigenvalue weighted by molar-refractivity contribution is 7.86. The zero-order chi connectivity index (χ0) is 17.0. The molecule has 0 saturated carbocycles. The predicted molar refractivity (Wildman–Crippen MR) is 70.2 cm³/mol. The van der Waals surface area contributed by atoms with Crippen molar-refractivity contribution in [1.29, 1.82) is 0 Å². The summed E-state index contributed by atoms with van der Waals surface area (Å²) in [6.45, 7) is 2.91. The van der Waals surface area contributed by atoms with Gasteiger partial charge in [0.25, 0.3) is 0 Å². The fourth-order valence-electron chi connectivity index (χ4n) is 1.32. The molecule has 122 valence electrons. The number of halogens is 3. The molecular weight excluding hydrogens is 325 g/mol. The van der Waals surface area contributed by atoms with Crippen molar-refractivity contribution in [3.05, 3.63) is 41.7 Å². The third kappa shape index (κ3) is 5.06. The third-order valence-corrected chi connectivity index (χ3v) is 3.57. The van der Waals surface area contributed by atoms with E-state index in [4.69, 9.17) is 0 Å². The number of hydrogen-bond donors (Lipinski definition) is 0. The van der Waals surface area contributed by atoms with E-state index >= 15 is 0 Å². The van der Waals surface area contributed by atoms with Crippen LogP contribution < -0.4 is 0 Å². The minimum absolute atomic E-state index is 0.0464. The molecule has 0 aliphatic carbocycles. The molecule has 0 aliphatic heterocycles. The Morgan fingerprint density at radius 2 is 1.77 bits per heavy atom. The first-order chi connectivity index (χ1) is 10.1. The molecule has 5 nitrogen and oxygen atoms in total. The zero-order valence-electron chi connectivity index (χ0n) is 11.7. The minimum Gasteiger partial charge on any atom is -0.463 e. The Bertz CT molecular complexity index is 660. The molecular formula is C13H13F3O5S. The lowest BCUT2D eigenvalue weighted by Crippen LogP contribution is -2.20. The summed E-state index contributed by atoms with van der Waals surface area (Å²) in [6, 6.07) is 5.00. The maximum absolute atomic E-state index is 12.8. The van der Waals surface area contributed by atoms with Crippen molar-refractivity contribution in [2.45, 2.75) is 24.9 Å². The molecule has 0 bridgehead atoms. The highest BCUT2D eigenvalue weighted by Gasteiger charge is 2.40. The summed E-state index contributed by atoms with van der Waals surface area (Å²) < 4.78 is 70.3. The van der Waals surface area contributed by atoms with Crippen molar-refractivity contribution < 1.29 is 35.3 Å². The molecule has 0 radical (unpaired) electrons. The third-order valence-electron chi connectivity index (χ3n) is 2.32. The van der Waals surface area contributed by atoms with E-state index < -0.39 is 32.9 Å². The number of aryl methyl sites for hydroxylation is 1. The van der Waals surface area contributed by atoms with E-state index in [2.05, 4.69) is 8.92 Å². The van der Waals surface area contributed by atoms with Gasteiger partial charge in [0, 0.05) is 0 Å². The summed E-state index contributed by atoms with van der Waals surface area (Å²) in [6.07, 6.45) is -5.21. The number of rotatable bonds is 5. The van der Waals surface area contributed by atoms with E-state index in [1.54, 1.807) is 6.92 Å². The summed E-state index contributed by atoms with van der Waals surface area (Å²) in [5, 5.41) is 0. The predicted octanol–water partition coefficient (Wildman–Crippen LogP) is 2.71. The number of carbonyl (C=O) groups is 1. The van der Waals surface area contributed by atoms with Gasteiger partial charge in [-0.15, -0.1) is 0 Å². The number of carbonyl (C=O) groups excluding carboxylic acids is 1. The van der Waals surface area contributed by atoms with Crippen LogP contribution in [0.2, 0.25) is 0 Å².